The van der Waals surface area contributed by atoms with Gasteiger partial charge in [0.15, 0.2) is 0 Å². The van der Waals surface area contributed by atoms with E-state index in [0.29, 0.717) is 21.9 Å². The minimum atomic E-state index is -1.08. The maximum absolute atomic E-state index is 11.2. The molecule has 21 heavy (non-hydrogen) atoms. The summed E-state index contributed by atoms with van der Waals surface area (Å²) in [5.41, 5.74) is 1.15. The van der Waals surface area contributed by atoms with Crippen LogP contribution in [0.15, 0.2) is 42.5 Å². The molecule has 0 heterocycles. The van der Waals surface area contributed by atoms with Crippen LogP contribution >= 0.6 is 0 Å². The van der Waals surface area contributed by atoms with Crippen molar-refractivity contribution < 1.29 is 15.1 Å². The number of aliphatic hydroxyl groups excluding tert-OH is 2. The molecule has 4 rings (SSSR count). The number of rotatable bonds is 1. The predicted octanol–water partition coefficient (Wildman–Crippen LogP) is 2.98. The summed E-state index contributed by atoms with van der Waals surface area (Å²) in [6, 6.07) is 11.9. The predicted molar refractivity (Wildman–Crippen MR) is 78.0 cm³/mol. The molecule has 5 heteroatoms. The number of hydrogen-bond acceptors (Lipinski definition) is 4. The fourth-order valence-electron chi connectivity index (χ4n) is 3.25. The van der Waals surface area contributed by atoms with Crippen LogP contribution in [0.2, 0.25) is 0 Å². The lowest BCUT2D eigenvalue weighted by atomic mass is 9.82. The van der Waals surface area contributed by atoms with E-state index in [0.717, 1.165) is 10.8 Å². The normalized spacial score (nSPS) is 20.3. The number of benzene rings is 3. The molecule has 5 nitrogen and oxygen atoms in total. The van der Waals surface area contributed by atoms with E-state index in [2.05, 4.69) is 0 Å². The van der Waals surface area contributed by atoms with Crippen molar-refractivity contribution in [2.45, 2.75) is 12.2 Å². The molecule has 0 spiro atoms. The molecule has 3 aromatic carbocycles. The van der Waals surface area contributed by atoms with Gasteiger partial charge < -0.3 is 10.2 Å². The van der Waals surface area contributed by atoms with E-state index in [1.165, 1.54) is 12.1 Å². The largest absolute Gasteiger partial charge is 0.385 e. The fraction of sp³-hybridized carbons (Fsp3) is 0.125. The molecule has 0 fully saturated rings. The maximum Gasteiger partial charge on any atom is 0.277 e. The van der Waals surface area contributed by atoms with Crippen molar-refractivity contribution >= 4 is 27.2 Å². The van der Waals surface area contributed by atoms with E-state index in [1.54, 1.807) is 12.1 Å². The molecule has 0 unspecified atom stereocenters. The maximum atomic E-state index is 11.2. The highest BCUT2D eigenvalue weighted by atomic mass is 16.6. The van der Waals surface area contributed by atoms with E-state index in [9.17, 15) is 20.3 Å². The molecular formula is C16H11NO4. The van der Waals surface area contributed by atoms with Crippen molar-refractivity contribution in [3.63, 3.8) is 0 Å². The molecule has 1 aliphatic carbocycles. The summed E-state index contributed by atoms with van der Waals surface area (Å²) in [6.45, 7) is 0. The molecule has 0 aromatic heterocycles. The fourth-order valence-corrected chi connectivity index (χ4v) is 3.25. The van der Waals surface area contributed by atoms with Crippen molar-refractivity contribution in [2.24, 2.45) is 0 Å². The Morgan fingerprint density at radius 2 is 1.62 bits per heavy atom. The second-order valence-electron chi connectivity index (χ2n) is 5.25. The van der Waals surface area contributed by atoms with Gasteiger partial charge in [-0.05, 0) is 34.0 Å². The molecule has 0 saturated heterocycles. The lowest BCUT2D eigenvalue weighted by Gasteiger charge is -2.27. The van der Waals surface area contributed by atoms with Gasteiger partial charge in [0.25, 0.3) is 5.69 Å². The third-order valence-corrected chi connectivity index (χ3v) is 4.20. The van der Waals surface area contributed by atoms with Crippen molar-refractivity contribution in [3.8, 4) is 0 Å². The Labute approximate surface area is 119 Å². The van der Waals surface area contributed by atoms with Gasteiger partial charge in [0.1, 0.15) is 12.2 Å². The minimum Gasteiger partial charge on any atom is -0.385 e. The molecule has 0 saturated carbocycles. The molecule has 0 radical (unpaired) electrons. The van der Waals surface area contributed by atoms with Crippen LogP contribution in [0.3, 0.4) is 0 Å². The molecule has 2 N–H and O–H groups in total. The Hall–Kier alpha value is -2.50. The van der Waals surface area contributed by atoms with Gasteiger partial charge in [0, 0.05) is 11.5 Å². The first-order valence-electron chi connectivity index (χ1n) is 6.58. The summed E-state index contributed by atoms with van der Waals surface area (Å²) in [6.07, 6.45) is -2.10. The van der Waals surface area contributed by atoms with Gasteiger partial charge in [-0.15, -0.1) is 0 Å². The van der Waals surface area contributed by atoms with Crippen LogP contribution in [-0.2, 0) is 0 Å². The number of nitro groups is 1. The average molecular weight is 281 g/mol. The Morgan fingerprint density at radius 1 is 0.905 bits per heavy atom. The van der Waals surface area contributed by atoms with Crippen LogP contribution in [0, 0.1) is 10.1 Å². The topological polar surface area (TPSA) is 83.6 Å². The smallest absolute Gasteiger partial charge is 0.277 e. The minimum absolute atomic E-state index is 0.00837. The van der Waals surface area contributed by atoms with E-state index >= 15 is 0 Å². The van der Waals surface area contributed by atoms with Crippen LogP contribution in [0.25, 0.3) is 21.5 Å². The van der Waals surface area contributed by atoms with Crippen LogP contribution in [0.4, 0.5) is 5.69 Å². The Balaban J connectivity index is 2.31. The van der Waals surface area contributed by atoms with Crippen LogP contribution < -0.4 is 0 Å². The number of non-ortho nitro benzene ring substituents is 1. The lowest BCUT2D eigenvalue weighted by molar-refractivity contribution is -0.383. The number of nitro benzene ring substituents is 1. The monoisotopic (exact) mass is 281 g/mol. The van der Waals surface area contributed by atoms with Crippen LogP contribution in [0.1, 0.15) is 23.3 Å². The zero-order valence-electron chi connectivity index (χ0n) is 10.9. The van der Waals surface area contributed by atoms with Crippen LogP contribution in [0.5, 0.6) is 0 Å². The molecule has 1 aliphatic rings. The second kappa shape index (κ2) is 4.00. The van der Waals surface area contributed by atoms with E-state index in [1.807, 2.05) is 18.2 Å². The number of nitrogens with zero attached hydrogens (tertiary/aromatic N) is 1. The molecule has 104 valence electrons. The van der Waals surface area contributed by atoms with Gasteiger partial charge in [-0.1, -0.05) is 24.3 Å². The van der Waals surface area contributed by atoms with Crippen molar-refractivity contribution in [2.75, 3.05) is 0 Å². The van der Waals surface area contributed by atoms with Gasteiger partial charge in [0.05, 0.1) is 10.3 Å². The van der Waals surface area contributed by atoms with Crippen molar-refractivity contribution in [1.82, 2.24) is 0 Å². The second-order valence-corrected chi connectivity index (χ2v) is 5.25. The highest BCUT2D eigenvalue weighted by molar-refractivity contribution is 6.14. The third kappa shape index (κ3) is 1.47. The standard InChI is InChI=1S/C16H11NO4/c18-15-10-3-1-2-8-4-5-9-12(17(20)21)7-6-11(16(15)19)14(9)13(8)10/h1-7,15-16,18-19H/t15-,16+/m1/s1. The first-order chi connectivity index (χ1) is 10.1. The van der Waals surface area contributed by atoms with Gasteiger partial charge in [-0.3, -0.25) is 10.1 Å². The first kappa shape index (κ1) is 12.3. The molecule has 0 bridgehead atoms. The molecular weight excluding hydrogens is 270 g/mol. The summed E-state index contributed by atoms with van der Waals surface area (Å²) in [7, 11) is 0. The molecule has 0 amide bonds. The highest BCUT2D eigenvalue weighted by Crippen LogP contribution is 2.46. The SMILES string of the molecule is O=[N+]([O-])c1ccc2c3c1ccc1cccc(c13)[C@@H](O)[C@H]2O. The van der Waals surface area contributed by atoms with E-state index in [-0.39, 0.29) is 5.69 Å². The Kier molecular flexibility index (Phi) is 2.34. The number of hydrogen-bond donors (Lipinski definition) is 2. The van der Waals surface area contributed by atoms with E-state index < -0.39 is 17.1 Å². The summed E-state index contributed by atoms with van der Waals surface area (Å²) < 4.78 is 0. The van der Waals surface area contributed by atoms with Gasteiger partial charge in [-0.25, -0.2) is 0 Å². The summed E-state index contributed by atoms with van der Waals surface area (Å²) in [4.78, 5) is 10.8. The first-order valence-corrected chi connectivity index (χ1v) is 6.58. The Morgan fingerprint density at radius 3 is 2.33 bits per heavy atom. The van der Waals surface area contributed by atoms with Crippen LogP contribution in [-0.4, -0.2) is 15.1 Å². The summed E-state index contributed by atoms with van der Waals surface area (Å²) in [5, 5.41) is 34.6. The van der Waals surface area contributed by atoms with Crippen molar-refractivity contribution in [1.29, 1.82) is 0 Å². The molecule has 3 aromatic rings. The van der Waals surface area contributed by atoms with Crippen molar-refractivity contribution in [3.05, 3.63) is 63.7 Å². The molecule has 0 aliphatic heterocycles. The number of aliphatic hydroxyl groups is 2. The average Bonchev–Trinajstić information content (AvgIpc) is 2.50. The van der Waals surface area contributed by atoms with E-state index in [4.69, 9.17) is 0 Å². The third-order valence-electron chi connectivity index (χ3n) is 4.20. The molecule has 2 atom stereocenters. The van der Waals surface area contributed by atoms with Gasteiger partial charge >= 0.3 is 0 Å². The highest BCUT2D eigenvalue weighted by Gasteiger charge is 2.31. The lowest BCUT2D eigenvalue weighted by Crippen LogP contribution is -2.15. The summed E-state index contributed by atoms with van der Waals surface area (Å²) in [5.74, 6) is 0. The summed E-state index contributed by atoms with van der Waals surface area (Å²) >= 11 is 0. The van der Waals surface area contributed by atoms with Gasteiger partial charge in [0.2, 0.25) is 0 Å². The van der Waals surface area contributed by atoms with Gasteiger partial charge in [-0.2, -0.15) is 0 Å². The zero-order valence-corrected chi connectivity index (χ0v) is 10.9. The zero-order chi connectivity index (χ0) is 14.7. The quantitative estimate of drug-likeness (QED) is 0.408. The Bertz CT molecular complexity index is 919.